The van der Waals surface area contributed by atoms with Gasteiger partial charge in [0.25, 0.3) is 0 Å². The summed E-state index contributed by atoms with van der Waals surface area (Å²) >= 11 is 0. The molecular formula is C21H32N4O4. The molecule has 0 aliphatic rings. The van der Waals surface area contributed by atoms with Crippen LogP contribution in [-0.2, 0) is 19.4 Å². The summed E-state index contributed by atoms with van der Waals surface area (Å²) in [6.45, 7) is 6.06. The number of hydrogen-bond acceptors (Lipinski definition) is 6. The Bertz CT molecular complexity index is 745. The Morgan fingerprint density at radius 1 is 1.03 bits per heavy atom. The molecule has 0 unspecified atom stereocenters. The summed E-state index contributed by atoms with van der Waals surface area (Å²) in [5.41, 5.74) is 2.11. The summed E-state index contributed by atoms with van der Waals surface area (Å²) in [7, 11) is 4.99. The zero-order chi connectivity index (χ0) is 21.1. The molecular weight excluding hydrogens is 372 g/mol. The minimum Gasteiger partial charge on any atom is -0.496 e. The lowest BCUT2D eigenvalue weighted by Gasteiger charge is -2.13. The highest BCUT2D eigenvalue weighted by atomic mass is 16.5. The van der Waals surface area contributed by atoms with Crippen LogP contribution in [0, 0.1) is 0 Å². The predicted octanol–water partition coefficient (Wildman–Crippen LogP) is 2.95. The first-order valence-corrected chi connectivity index (χ1v) is 9.91. The lowest BCUT2D eigenvalue weighted by molar-refractivity contribution is 0.305. The second kappa shape index (κ2) is 11.8. The zero-order valence-electron chi connectivity index (χ0n) is 18.0. The SMILES string of the molecule is CCc1noc(CC)c1CNC(=NC)NCCCOc1cc(OC)cc(OC)c1. The van der Waals surface area contributed by atoms with Crippen molar-refractivity contribution in [2.45, 2.75) is 39.7 Å². The van der Waals surface area contributed by atoms with E-state index >= 15 is 0 Å². The number of nitrogens with zero attached hydrogens (tertiary/aromatic N) is 2. The third-order valence-corrected chi connectivity index (χ3v) is 4.47. The molecule has 160 valence electrons. The van der Waals surface area contributed by atoms with Gasteiger partial charge in [-0.25, -0.2) is 0 Å². The van der Waals surface area contributed by atoms with Crippen LogP contribution in [0.5, 0.6) is 17.2 Å². The van der Waals surface area contributed by atoms with E-state index in [1.165, 1.54) is 0 Å². The van der Waals surface area contributed by atoms with Crippen molar-refractivity contribution >= 4 is 5.96 Å². The number of methoxy groups -OCH3 is 2. The van der Waals surface area contributed by atoms with Gasteiger partial charge in [-0.3, -0.25) is 4.99 Å². The number of aromatic nitrogens is 1. The zero-order valence-corrected chi connectivity index (χ0v) is 18.0. The monoisotopic (exact) mass is 404 g/mol. The maximum absolute atomic E-state index is 5.80. The van der Waals surface area contributed by atoms with Crippen molar-refractivity contribution in [1.29, 1.82) is 0 Å². The maximum atomic E-state index is 5.80. The molecule has 8 heteroatoms. The van der Waals surface area contributed by atoms with Crippen molar-refractivity contribution in [1.82, 2.24) is 15.8 Å². The van der Waals surface area contributed by atoms with E-state index in [1.54, 1.807) is 21.3 Å². The number of aliphatic imine (C=N–C) groups is 1. The number of guanidine groups is 1. The van der Waals surface area contributed by atoms with E-state index in [0.717, 1.165) is 54.5 Å². The number of nitrogens with one attached hydrogen (secondary N) is 2. The van der Waals surface area contributed by atoms with Crippen LogP contribution in [0.3, 0.4) is 0 Å². The Labute approximate surface area is 172 Å². The van der Waals surface area contributed by atoms with Crippen LogP contribution in [0.1, 0.15) is 37.3 Å². The number of benzene rings is 1. The van der Waals surface area contributed by atoms with Crippen LogP contribution in [0.2, 0.25) is 0 Å². The fourth-order valence-corrected chi connectivity index (χ4v) is 2.86. The van der Waals surface area contributed by atoms with Gasteiger partial charge < -0.3 is 29.4 Å². The normalized spacial score (nSPS) is 11.3. The molecule has 2 aromatic rings. The van der Waals surface area contributed by atoms with Gasteiger partial charge in [0.2, 0.25) is 0 Å². The largest absolute Gasteiger partial charge is 0.496 e. The summed E-state index contributed by atoms with van der Waals surface area (Å²) in [4.78, 5) is 4.27. The van der Waals surface area contributed by atoms with E-state index in [-0.39, 0.29) is 0 Å². The van der Waals surface area contributed by atoms with Crippen LogP contribution in [-0.4, -0.2) is 45.5 Å². The quantitative estimate of drug-likeness (QED) is 0.338. The van der Waals surface area contributed by atoms with Crippen molar-refractivity contribution in [2.75, 3.05) is 34.4 Å². The van der Waals surface area contributed by atoms with Gasteiger partial charge >= 0.3 is 0 Å². The van der Waals surface area contributed by atoms with Crippen molar-refractivity contribution < 1.29 is 18.7 Å². The highest BCUT2D eigenvalue weighted by molar-refractivity contribution is 5.79. The minimum absolute atomic E-state index is 0.561. The van der Waals surface area contributed by atoms with Gasteiger partial charge in [0.15, 0.2) is 5.96 Å². The van der Waals surface area contributed by atoms with Crippen LogP contribution < -0.4 is 24.8 Å². The van der Waals surface area contributed by atoms with E-state index < -0.39 is 0 Å². The van der Waals surface area contributed by atoms with Gasteiger partial charge in [-0.1, -0.05) is 19.0 Å². The lowest BCUT2D eigenvalue weighted by atomic mass is 10.1. The molecule has 1 aromatic carbocycles. The van der Waals surface area contributed by atoms with E-state index in [1.807, 2.05) is 18.2 Å². The molecule has 29 heavy (non-hydrogen) atoms. The summed E-state index contributed by atoms with van der Waals surface area (Å²) in [5.74, 6) is 3.78. The average molecular weight is 405 g/mol. The Kier molecular flexibility index (Phi) is 9.14. The fourth-order valence-electron chi connectivity index (χ4n) is 2.86. The molecule has 0 fully saturated rings. The molecule has 0 spiro atoms. The summed E-state index contributed by atoms with van der Waals surface area (Å²) in [5, 5.41) is 10.8. The molecule has 0 amide bonds. The van der Waals surface area contributed by atoms with Crippen molar-refractivity contribution in [2.24, 2.45) is 4.99 Å². The molecule has 0 atom stereocenters. The summed E-state index contributed by atoms with van der Waals surface area (Å²) in [6, 6.07) is 5.49. The second-order valence-corrected chi connectivity index (χ2v) is 6.34. The molecule has 1 heterocycles. The van der Waals surface area contributed by atoms with Crippen molar-refractivity contribution in [3.05, 3.63) is 35.2 Å². The van der Waals surface area contributed by atoms with Gasteiger partial charge in [-0.05, 0) is 12.8 Å². The molecule has 0 aliphatic heterocycles. The molecule has 0 radical (unpaired) electrons. The fraction of sp³-hybridized carbons (Fsp3) is 0.524. The Morgan fingerprint density at radius 3 is 2.31 bits per heavy atom. The maximum Gasteiger partial charge on any atom is 0.191 e. The number of aryl methyl sites for hydroxylation is 2. The molecule has 0 bridgehead atoms. The van der Waals surface area contributed by atoms with Crippen LogP contribution in [0.4, 0.5) is 0 Å². The molecule has 0 saturated carbocycles. The number of hydrogen-bond donors (Lipinski definition) is 2. The minimum atomic E-state index is 0.561. The van der Waals surface area contributed by atoms with E-state index in [9.17, 15) is 0 Å². The molecule has 2 rings (SSSR count). The summed E-state index contributed by atoms with van der Waals surface area (Å²) < 4.78 is 21.7. The van der Waals surface area contributed by atoms with E-state index in [2.05, 4.69) is 34.6 Å². The smallest absolute Gasteiger partial charge is 0.191 e. The lowest BCUT2D eigenvalue weighted by Crippen LogP contribution is -2.37. The van der Waals surface area contributed by atoms with Crippen molar-refractivity contribution in [3.8, 4) is 17.2 Å². The Morgan fingerprint density at radius 2 is 1.72 bits per heavy atom. The van der Waals surface area contributed by atoms with Crippen LogP contribution in [0.15, 0.2) is 27.7 Å². The number of ether oxygens (including phenoxy) is 3. The topological polar surface area (TPSA) is 90.1 Å². The molecule has 0 saturated heterocycles. The molecule has 8 nitrogen and oxygen atoms in total. The Hall–Kier alpha value is -2.90. The van der Waals surface area contributed by atoms with Crippen LogP contribution >= 0.6 is 0 Å². The van der Waals surface area contributed by atoms with Crippen molar-refractivity contribution in [3.63, 3.8) is 0 Å². The van der Waals surface area contributed by atoms with Gasteiger partial charge in [0.05, 0.1) is 26.5 Å². The van der Waals surface area contributed by atoms with Gasteiger partial charge in [0, 0.05) is 50.3 Å². The summed E-state index contributed by atoms with van der Waals surface area (Å²) in [6.07, 6.45) is 2.48. The first-order valence-electron chi connectivity index (χ1n) is 9.91. The molecule has 1 aromatic heterocycles. The standard InChI is InChI=1S/C21H32N4O4/c1-6-19-18(20(7-2)29-25-19)14-24-21(22-3)23-9-8-10-28-17-12-15(26-4)11-16(13-17)27-5/h11-13H,6-10,14H2,1-5H3,(H2,22,23,24). The van der Waals surface area contributed by atoms with Crippen LogP contribution in [0.25, 0.3) is 0 Å². The van der Waals surface area contributed by atoms with E-state index in [4.69, 9.17) is 18.7 Å². The average Bonchev–Trinajstić information content (AvgIpc) is 3.17. The second-order valence-electron chi connectivity index (χ2n) is 6.34. The first-order chi connectivity index (χ1) is 14.1. The highest BCUT2D eigenvalue weighted by Crippen LogP contribution is 2.27. The predicted molar refractivity (Wildman–Crippen MR) is 113 cm³/mol. The van der Waals surface area contributed by atoms with Gasteiger partial charge in [0.1, 0.15) is 23.0 Å². The molecule has 0 aliphatic carbocycles. The first kappa shape index (κ1) is 22.4. The van der Waals surface area contributed by atoms with Gasteiger partial charge in [-0.2, -0.15) is 0 Å². The third-order valence-electron chi connectivity index (χ3n) is 4.47. The van der Waals surface area contributed by atoms with E-state index in [0.29, 0.717) is 24.7 Å². The highest BCUT2D eigenvalue weighted by Gasteiger charge is 2.13. The Balaban J connectivity index is 1.76. The van der Waals surface area contributed by atoms with Gasteiger partial charge in [-0.15, -0.1) is 0 Å². The number of rotatable bonds is 11. The molecule has 2 N–H and O–H groups in total. The third kappa shape index (κ3) is 6.58.